The van der Waals surface area contributed by atoms with E-state index in [1.165, 1.54) is 19.3 Å². The molecule has 102 valence electrons. The lowest BCUT2D eigenvalue weighted by Gasteiger charge is -2.38. The fourth-order valence-electron chi connectivity index (χ4n) is 2.20. The third-order valence-electron chi connectivity index (χ3n) is 5.19. The highest BCUT2D eigenvalue weighted by atomic mass is 14.4. The summed E-state index contributed by atoms with van der Waals surface area (Å²) in [7, 11) is 0. The quantitative estimate of drug-likeness (QED) is 0.472. The Labute approximate surface area is 110 Å². The van der Waals surface area contributed by atoms with E-state index in [9.17, 15) is 0 Å². The minimum absolute atomic E-state index is 0.421. The number of rotatable bonds is 7. The number of hydrogen-bond donors (Lipinski definition) is 0. The lowest BCUT2D eigenvalue weighted by atomic mass is 9.67. The zero-order chi connectivity index (χ0) is 13.7. The molecular formula is C17H34. The summed E-state index contributed by atoms with van der Waals surface area (Å²) >= 11 is 0. The molecule has 0 spiro atoms. The maximum absolute atomic E-state index is 2.42. The molecule has 17 heavy (non-hydrogen) atoms. The predicted molar refractivity (Wildman–Crippen MR) is 80.2 cm³/mol. The normalized spacial score (nSPS) is 17.4. The number of hydrogen-bond acceptors (Lipinski definition) is 0. The number of allylic oxidation sites excluding steroid dienone is 2. The molecule has 2 unspecified atom stereocenters. The van der Waals surface area contributed by atoms with Crippen molar-refractivity contribution in [3.05, 3.63) is 12.2 Å². The zero-order valence-corrected chi connectivity index (χ0v) is 13.4. The van der Waals surface area contributed by atoms with Crippen LogP contribution in [0.15, 0.2) is 12.2 Å². The second-order valence-corrected chi connectivity index (χ2v) is 6.95. The molecule has 0 aromatic heterocycles. The molecule has 0 amide bonds. The molecule has 0 saturated carbocycles. The van der Waals surface area contributed by atoms with Crippen LogP contribution in [0.1, 0.15) is 74.7 Å². The van der Waals surface area contributed by atoms with Crippen molar-refractivity contribution in [2.45, 2.75) is 74.7 Å². The molecule has 0 nitrogen and oxygen atoms in total. The van der Waals surface area contributed by atoms with Gasteiger partial charge in [-0.2, -0.15) is 0 Å². The summed E-state index contributed by atoms with van der Waals surface area (Å²) in [4.78, 5) is 0. The first-order chi connectivity index (χ1) is 7.71. The molecule has 0 aliphatic heterocycles. The molecule has 0 fully saturated rings. The zero-order valence-electron chi connectivity index (χ0n) is 13.4. The highest BCUT2D eigenvalue weighted by molar-refractivity contribution is 4.95. The lowest BCUT2D eigenvalue weighted by molar-refractivity contribution is 0.142. The average molecular weight is 238 g/mol. The first-order valence-electron chi connectivity index (χ1n) is 7.34. The summed E-state index contributed by atoms with van der Waals surface area (Å²) < 4.78 is 0. The maximum atomic E-state index is 2.42. The van der Waals surface area contributed by atoms with Crippen LogP contribution in [0.3, 0.4) is 0 Å². The molecule has 0 bridgehead atoms. The smallest absolute Gasteiger partial charge is 0.0180 e. The van der Waals surface area contributed by atoms with Gasteiger partial charge >= 0.3 is 0 Å². The Bertz CT molecular complexity index is 232. The van der Waals surface area contributed by atoms with Crippen molar-refractivity contribution in [1.82, 2.24) is 0 Å². The van der Waals surface area contributed by atoms with Gasteiger partial charge in [0.2, 0.25) is 0 Å². The average Bonchev–Trinajstić information content (AvgIpc) is 2.28. The molecule has 0 aromatic carbocycles. The van der Waals surface area contributed by atoms with Crippen molar-refractivity contribution in [1.29, 1.82) is 0 Å². The van der Waals surface area contributed by atoms with Crippen molar-refractivity contribution in [3.8, 4) is 0 Å². The third kappa shape index (κ3) is 4.85. The van der Waals surface area contributed by atoms with Crippen LogP contribution in [0.4, 0.5) is 0 Å². The Morgan fingerprint density at radius 3 is 1.76 bits per heavy atom. The predicted octanol–water partition coefficient (Wildman–Crippen LogP) is 6.08. The van der Waals surface area contributed by atoms with Gasteiger partial charge in [0.1, 0.15) is 0 Å². The molecule has 0 aromatic rings. The van der Waals surface area contributed by atoms with Gasteiger partial charge < -0.3 is 0 Å². The van der Waals surface area contributed by atoms with E-state index in [1.807, 2.05) is 0 Å². The van der Waals surface area contributed by atoms with E-state index in [1.54, 1.807) is 0 Å². The van der Waals surface area contributed by atoms with Gasteiger partial charge in [-0.15, -0.1) is 0 Å². The molecule has 0 heterocycles. The van der Waals surface area contributed by atoms with Crippen LogP contribution in [-0.4, -0.2) is 0 Å². The van der Waals surface area contributed by atoms with Crippen LogP contribution in [0.5, 0.6) is 0 Å². The maximum Gasteiger partial charge on any atom is -0.0180 e. The standard InChI is InChI=1S/C17H34/c1-9-12-15(17(7,8)11-3)13-14(4)16(5,6)10-2/h9,12,14-15H,10-11,13H2,1-8H3/b12-9-. The summed E-state index contributed by atoms with van der Waals surface area (Å²) in [5.41, 5.74) is 0.883. The summed E-state index contributed by atoms with van der Waals surface area (Å²) in [6.07, 6.45) is 8.48. The van der Waals surface area contributed by atoms with E-state index < -0.39 is 0 Å². The first kappa shape index (κ1) is 16.7. The Balaban J connectivity index is 4.79. The van der Waals surface area contributed by atoms with Crippen LogP contribution in [-0.2, 0) is 0 Å². The van der Waals surface area contributed by atoms with E-state index in [2.05, 4.69) is 67.5 Å². The highest BCUT2D eigenvalue weighted by Crippen LogP contribution is 2.41. The molecular weight excluding hydrogens is 204 g/mol. The third-order valence-corrected chi connectivity index (χ3v) is 5.19. The van der Waals surface area contributed by atoms with E-state index in [0.717, 1.165) is 5.92 Å². The fraction of sp³-hybridized carbons (Fsp3) is 0.882. The van der Waals surface area contributed by atoms with Gasteiger partial charge in [0.25, 0.3) is 0 Å². The van der Waals surface area contributed by atoms with Gasteiger partial charge in [0, 0.05) is 0 Å². The van der Waals surface area contributed by atoms with Crippen molar-refractivity contribution in [3.63, 3.8) is 0 Å². The Kier molecular flexibility index (Phi) is 6.51. The highest BCUT2D eigenvalue weighted by Gasteiger charge is 2.31. The van der Waals surface area contributed by atoms with Gasteiger partial charge in [0.05, 0.1) is 0 Å². The first-order valence-corrected chi connectivity index (χ1v) is 7.34. The van der Waals surface area contributed by atoms with Crippen molar-refractivity contribution in [2.75, 3.05) is 0 Å². The summed E-state index contributed by atoms with van der Waals surface area (Å²) in [5, 5.41) is 0. The molecule has 0 rings (SSSR count). The summed E-state index contributed by atoms with van der Waals surface area (Å²) in [5.74, 6) is 1.48. The fourth-order valence-corrected chi connectivity index (χ4v) is 2.20. The van der Waals surface area contributed by atoms with Crippen LogP contribution in [0, 0.1) is 22.7 Å². The Morgan fingerprint density at radius 1 is 0.941 bits per heavy atom. The SMILES string of the molecule is C/C=C\C(CC(C)C(C)(C)CC)C(C)(C)CC. The molecule has 0 aliphatic rings. The van der Waals surface area contributed by atoms with Crippen LogP contribution < -0.4 is 0 Å². The topological polar surface area (TPSA) is 0 Å². The van der Waals surface area contributed by atoms with Crippen LogP contribution >= 0.6 is 0 Å². The molecule has 0 N–H and O–H groups in total. The molecule has 0 saturated heterocycles. The lowest BCUT2D eigenvalue weighted by Crippen LogP contribution is -2.29. The van der Waals surface area contributed by atoms with Gasteiger partial charge in [-0.25, -0.2) is 0 Å². The molecule has 0 radical (unpaired) electrons. The second kappa shape index (κ2) is 6.61. The minimum Gasteiger partial charge on any atom is -0.0914 e. The van der Waals surface area contributed by atoms with Crippen molar-refractivity contribution in [2.24, 2.45) is 22.7 Å². The minimum atomic E-state index is 0.421. The van der Waals surface area contributed by atoms with E-state index >= 15 is 0 Å². The Morgan fingerprint density at radius 2 is 1.41 bits per heavy atom. The largest absolute Gasteiger partial charge is 0.0914 e. The van der Waals surface area contributed by atoms with E-state index in [4.69, 9.17) is 0 Å². The monoisotopic (exact) mass is 238 g/mol. The molecule has 2 atom stereocenters. The van der Waals surface area contributed by atoms with E-state index in [-0.39, 0.29) is 0 Å². The van der Waals surface area contributed by atoms with E-state index in [0.29, 0.717) is 16.7 Å². The Hall–Kier alpha value is -0.260. The summed E-state index contributed by atoms with van der Waals surface area (Å²) in [6.45, 7) is 18.8. The van der Waals surface area contributed by atoms with Gasteiger partial charge in [-0.1, -0.05) is 73.5 Å². The van der Waals surface area contributed by atoms with Crippen molar-refractivity contribution < 1.29 is 0 Å². The van der Waals surface area contributed by atoms with Crippen LogP contribution in [0.25, 0.3) is 0 Å². The molecule has 0 aliphatic carbocycles. The van der Waals surface area contributed by atoms with Gasteiger partial charge in [-0.3, -0.25) is 0 Å². The van der Waals surface area contributed by atoms with Crippen molar-refractivity contribution >= 4 is 0 Å². The van der Waals surface area contributed by atoms with Gasteiger partial charge in [0.15, 0.2) is 0 Å². The van der Waals surface area contributed by atoms with Gasteiger partial charge in [-0.05, 0) is 36.0 Å². The second-order valence-electron chi connectivity index (χ2n) is 6.95. The van der Waals surface area contributed by atoms with Crippen LogP contribution in [0.2, 0.25) is 0 Å². The molecule has 0 heteroatoms. The summed E-state index contributed by atoms with van der Waals surface area (Å²) in [6, 6.07) is 0.